The van der Waals surface area contributed by atoms with Crippen molar-refractivity contribution in [2.24, 2.45) is 10.7 Å². The van der Waals surface area contributed by atoms with Crippen LogP contribution in [0.1, 0.15) is 13.3 Å². The van der Waals surface area contributed by atoms with Gasteiger partial charge in [-0.2, -0.15) is 8.62 Å². The number of aliphatic imine (C=N–C) groups is 1. The van der Waals surface area contributed by atoms with E-state index in [1.807, 2.05) is 0 Å². The first kappa shape index (κ1) is 25.9. The normalized spacial score (nSPS) is 32.9. The predicted octanol–water partition coefficient (Wildman–Crippen LogP) is -0.109. The number of halogens is 1. The first-order valence-corrected chi connectivity index (χ1v) is 12.0. The highest BCUT2D eigenvalue weighted by molar-refractivity contribution is 7.80. The number of ether oxygens (including phenoxy) is 1. The summed E-state index contributed by atoms with van der Waals surface area (Å²) in [5, 5.41) is 9.93. The second kappa shape index (κ2) is 9.31. The van der Waals surface area contributed by atoms with Crippen LogP contribution in [0.3, 0.4) is 0 Å². The van der Waals surface area contributed by atoms with Gasteiger partial charge in [-0.1, -0.05) is 12.2 Å². The molecule has 1 saturated heterocycles. The molecule has 0 saturated carbocycles. The number of alkyl halides is 1. The lowest BCUT2D eigenvalue weighted by molar-refractivity contribution is -0.0188. The molecule has 14 nitrogen and oxygen atoms in total. The standard InChI is InChI=1S/C9H18FN2O12P3S/c1-9(10)7(13)5(22-8(9)12-3-2-6(11)28)4-21-26(17,18)24-27(19,20)23-25(14,15)16/h3,5,7-8,13H,2,4H2,1H3,(H2,11,28)(H,17,18)(H,19,20)(H2,14,15,16). The zero-order valence-corrected chi connectivity index (χ0v) is 17.5. The number of thiocarbonyl (C=S) groups is 1. The fourth-order valence-corrected chi connectivity index (χ4v) is 5.01. The molecular formula is C9H18FN2O12P3S. The van der Waals surface area contributed by atoms with Crippen LogP contribution in [0.5, 0.6) is 0 Å². The fraction of sp³-hybridized carbons (Fsp3) is 0.778. The van der Waals surface area contributed by atoms with Gasteiger partial charge in [0.25, 0.3) is 0 Å². The average molecular weight is 490 g/mol. The van der Waals surface area contributed by atoms with Crippen molar-refractivity contribution in [3.05, 3.63) is 0 Å². The minimum atomic E-state index is -5.70. The Hall–Kier alpha value is -0.180. The number of aliphatic hydroxyl groups is 1. The minimum Gasteiger partial charge on any atom is -0.393 e. The van der Waals surface area contributed by atoms with E-state index < -0.39 is 54.2 Å². The number of nitrogens with zero attached hydrogens (tertiary/aromatic N) is 1. The van der Waals surface area contributed by atoms with Gasteiger partial charge in [0.05, 0.1) is 11.6 Å². The number of phosphoric ester groups is 1. The second-order valence-electron chi connectivity index (χ2n) is 5.51. The SMILES string of the molecule is CC1(F)C(N=CCC(N)=S)OC(COP(=O)(O)OP(=O)(O)OP(=O)(O)O)C1O. The van der Waals surface area contributed by atoms with Gasteiger partial charge < -0.3 is 35.2 Å². The van der Waals surface area contributed by atoms with Gasteiger partial charge in [0.2, 0.25) is 0 Å². The summed E-state index contributed by atoms with van der Waals surface area (Å²) in [6.45, 7) is -0.0864. The molecule has 164 valence electrons. The van der Waals surface area contributed by atoms with E-state index in [1.165, 1.54) is 0 Å². The lowest BCUT2D eigenvalue weighted by atomic mass is 9.99. The second-order valence-corrected chi connectivity index (χ2v) is 10.5. The summed E-state index contributed by atoms with van der Waals surface area (Å²) in [6.07, 6.45) is -3.85. The zero-order valence-electron chi connectivity index (χ0n) is 14.0. The third kappa shape index (κ3) is 8.28. The van der Waals surface area contributed by atoms with Crippen LogP contribution in [0.4, 0.5) is 4.39 Å². The molecule has 0 amide bonds. The maximum atomic E-state index is 14.6. The van der Waals surface area contributed by atoms with Gasteiger partial charge in [-0.3, -0.25) is 9.52 Å². The van der Waals surface area contributed by atoms with E-state index in [9.17, 15) is 28.1 Å². The third-order valence-corrected chi connectivity index (χ3v) is 7.04. The Labute approximate surface area is 162 Å². The average Bonchev–Trinajstić information content (AvgIpc) is 2.64. The smallest absolute Gasteiger partial charge is 0.393 e. The fourth-order valence-electron chi connectivity index (χ4n) is 1.90. The van der Waals surface area contributed by atoms with Crippen molar-refractivity contribution in [1.82, 2.24) is 0 Å². The first-order valence-electron chi connectivity index (χ1n) is 7.06. The Bertz CT molecular complexity index is 759. The van der Waals surface area contributed by atoms with Crippen LogP contribution in [0, 0.1) is 0 Å². The number of aliphatic hydroxyl groups excluding tert-OH is 1. The number of nitrogens with two attached hydrogens (primary N) is 1. The van der Waals surface area contributed by atoms with E-state index in [0.29, 0.717) is 0 Å². The number of rotatable bonds is 10. The molecule has 6 unspecified atom stereocenters. The largest absolute Gasteiger partial charge is 0.490 e. The molecule has 0 spiro atoms. The van der Waals surface area contributed by atoms with Crippen LogP contribution in [-0.2, 0) is 31.6 Å². The lowest BCUT2D eigenvalue weighted by Crippen LogP contribution is -2.41. The van der Waals surface area contributed by atoms with Crippen molar-refractivity contribution in [3.8, 4) is 0 Å². The lowest BCUT2D eigenvalue weighted by Gasteiger charge is -2.21. The maximum absolute atomic E-state index is 14.6. The van der Waals surface area contributed by atoms with E-state index in [4.69, 9.17) is 25.2 Å². The first-order chi connectivity index (χ1) is 12.5. The number of hydrogen-bond donors (Lipinski definition) is 6. The summed E-state index contributed by atoms with van der Waals surface area (Å²) in [6, 6.07) is 0. The molecule has 0 radical (unpaired) electrons. The molecule has 28 heavy (non-hydrogen) atoms. The van der Waals surface area contributed by atoms with Crippen molar-refractivity contribution >= 4 is 46.9 Å². The van der Waals surface area contributed by atoms with Crippen molar-refractivity contribution in [2.75, 3.05) is 6.61 Å². The molecule has 1 fully saturated rings. The van der Waals surface area contributed by atoms with Crippen LogP contribution < -0.4 is 5.73 Å². The molecule has 0 bridgehead atoms. The molecule has 7 N–H and O–H groups in total. The monoisotopic (exact) mass is 490 g/mol. The summed E-state index contributed by atoms with van der Waals surface area (Å²) >= 11 is 4.61. The van der Waals surface area contributed by atoms with Gasteiger partial charge in [0.15, 0.2) is 11.9 Å². The highest BCUT2D eigenvalue weighted by Gasteiger charge is 2.54. The molecular weight excluding hydrogens is 472 g/mol. The summed E-state index contributed by atoms with van der Waals surface area (Å²) in [7, 11) is -16.7. The van der Waals surface area contributed by atoms with Crippen LogP contribution in [0.2, 0.25) is 0 Å². The van der Waals surface area contributed by atoms with E-state index >= 15 is 0 Å². The third-order valence-electron chi connectivity index (χ3n) is 3.07. The summed E-state index contributed by atoms with van der Waals surface area (Å²) in [4.78, 5) is 39.0. The Morgan fingerprint density at radius 1 is 1.29 bits per heavy atom. The molecule has 0 aromatic heterocycles. The summed E-state index contributed by atoms with van der Waals surface area (Å²) in [5.74, 6) is 0. The van der Waals surface area contributed by atoms with Crippen molar-refractivity contribution in [3.63, 3.8) is 0 Å². The minimum absolute atomic E-state index is 0.0214. The molecule has 1 aliphatic heterocycles. The molecule has 19 heteroatoms. The molecule has 1 rings (SSSR count). The molecule has 1 heterocycles. The van der Waals surface area contributed by atoms with Crippen molar-refractivity contribution in [2.45, 2.75) is 37.4 Å². The molecule has 0 aliphatic carbocycles. The number of phosphoric acid groups is 3. The van der Waals surface area contributed by atoms with E-state index in [2.05, 4.69) is 30.4 Å². The Morgan fingerprint density at radius 3 is 2.36 bits per heavy atom. The quantitative estimate of drug-likeness (QED) is 0.133. The van der Waals surface area contributed by atoms with Crippen LogP contribution in [-0.4, -0.2) is 66.6 Å². The van der Waals surface area contributed by atoms with E-state index in [-0.39, 0.29) is 11.4 Å². The molecule has 6 atom stereocenters. The van der Waals surface area contributed by atoms with Gasteiger partial charge in [-0.05, 0) is 6.92 Å². The molecule has 0 aromatic carbocycles. The Balaban J connectivity index is 2.74. The van der Waals surface area contributed by atoms with Crippen LogP contribution in [0.25, 0.3) is 0 Å². The van der Waals surface area contributed by atoms with E-state index in [0.717, 1.165) is 13.1 Å². The highest BCUT2D eigenvalue weighted by Crippen LogP contribution is 2.66. The van der Waals surface area contributed by atoms with Gasteiger partial charge >= 0.3 is 23.5 Å². The molecule has 1 aliphatic rings. The molecule has 0 aromatic rings. The topological polar surface area (TPSA) is 228 Å². The van der Waals surface area contributed by atoms with Crippen molar-refractivity contribution < 1.29 is 60.6 Å². The Kier molecular flexibility index (Phi) is 8.60. The van der Waals surface area contributed by atoms with Gasteiger partial charge in [-0.15, -0.1) is 0 Å². The maximum Gasteiger partial charge on any atom is 0.490 e. The predicted molar refractivity (Wildman–Crippen MR) is 93.9 cm³/mol. The van der Waals surface area contributed by atoms with Gasteiger partial charge in [0.1, 0.15) is 12.2 Å². The zero-order chi connectivity index (χ0) is 22.0. The Morgan fingerprint density at radius 2 is 1.86 bits per heavy atom. The number of hydrogen-bond acceptors (Lipinski definition) is 10. The van der Waals surface area contributed by atoms with Crippen LogP contribution >= 0.6 is 35.7 Å². The highest BCUT2D eigenvalue weighted by atomic mass is 32.1. The van der Waals surface area contributed by atoms with Crippen molar-refractivity contribution in [1.29, 1.82) is 0 Å². The summed E-state index contributed by atoms with van der Waals surface area (Å²) in [5.41, 5.74) is 2.80. The summed E-state index contributed by atoms with van der Waals surface area (Å²) < 4.78 is 64.3. The van der Waals surface area contributed by atoms with Crippen LogP contribution in [0.15, 0.2) is 4.99 Å². The van der Waals surface area contributed by atoms with E-state index in [1.54, 1.807) is 0 Å². The van der Waals surface area contributed by atoms with Gasteiger partial charge in [0, 0.05) is 12.6 Å². The van der Waals surface area contributed by atoms with Gasteiger partial charge in [-0.25, -0.2) is 18.1 Å².